The molecule has 1 saturated heterocycles. The Balaban J connectivity index is 2.14. The summed E-state index contributed by atoms with van der Waals surface area (Å²) >= 11 is 0. The second kappa shape index (κ2) is 9.43. The van der Waals surface area contributed by atoms with E-state index in [0.717, 1.165) is 24.8 Å². The molecule has 7 nitrogen and oxygen atoms in total. The van der Waals surface area contributed by atoms with Crippen molar-refractivity contribution in [1.29, 1.82) is 0 Å². The third-order valence-corrected chi connectivity index (χ3v) is 5.23. The number of aliphatic hydroxyl groups is 1. The molecular weight excluding hydrogens is 384 g/mol. The van der Waals surface area contributed by atoms with E-state index >= 15 is 0 Å². The number of rotatable bonds is 8. The summed E-state index contributed by atoms with van der Waals surface area (Å²) in [4.78, 5) is 31.4. The van der Waals surface area contributed by atoms with Crippen molar-refractivity contribution < 1.29 is 24.2 Å². The molecule has 3 rings (SSSR count). The molecule has 0 spiro atoms. The summed E-state index contributed by atoms with van der Waals surface area (Å²) in [6.45, 7) is 2.51. The molecule has 1 atom stereocenters. The van der Waals surface area contributed by atoms with Crippen LogP contribution in [0.25, 0.3) is 5.76 Å². The zero-order valence-corrected chi connectivity index (χ0v) is 17.4. The molecule has 0 aliphatic carbocycles. The van der Waals surface area contributed by atoms with Crippen LogP contribution in [-0.2, 0) is 9.59 Å². The molecule has 1 fully saturated rings. The number of nitrogens with zero attached hydrogens (tertiary/aromatic N) is 2. The van der Waals surface area contributed by atoms with Gasteiger partial charge in [0.15, 0.2) is 0 Å². The summed E-state index contributed by atoms with van der Waals surface area (Å²) in [6, 6.07) is 7.71. The number of aliphatic hydroxyl groups excluding tert-OH is 1. The topological polar surface area (TPSA) is 89.0 Å². The highest BCUT2D eigenvalue weighted by atomic mass is 16.5. The van der Waals surface area contributed by atoms with Gasteiger partial charge in [0.05, 0.1) is 31.4 Å². The van der Waals surface area contributed by atoms with Crippen molar-refractivity contribution in [2.45, 2.75) is 32.2 Å². The first kappa shape index (κ1) is 21.4. The van der Waals surface area contributed by atoms with Crippen LogP contribution >= 0.6 is 0 Å². The molecule has 2 heterocycles. The fourth-order valence-electron chi connectivity index (χ4n) is 3.67. The Kier molecular flexibility index (Phi) is 6.72. The highest BCUT2D eigenvalue weighted by molar-refractivity contribution is 6.46. The number of ketones is 1. The molecule has 7 heteroatoms. The summed E-state index contributed by atoms with van der Waals surface area (Å²) in [5.41, 5.74) is 1.09. The number of pyridine rings is 1. The Hall–Kier alpha value is -3.35. The number of hydrogen-bond donors (Lipinski definition) is 1. The van der Waals surface area contributed by atoms with E-state index in [-0.39, 0.29) is 11.3 Å². The fraction of sp³-hybridized carbons (Fsp3) is 0.348. The number of amides is 1. The Morgan fingerprint density at radius 1 is 1.10 bits per heavy atom. The molecule has 158 valence electrons. The maximum Gasteiger partial charge on any atom is 0.295 e. The molecule has 1 N–H and O–H groups in total. The predicted octanol–water partition coefficient (Wildman–Crippen LogP) is 3.71. The van der Waals surface area contributed by atoms with Gasteiger partial charge in [-0.3, -0.25) is 14.6 Å². The van der Waals surface area contributed by atoms with Gasteiger partial charge in [0.1, 0.15) is 17.3 Å². The standard InChI is InChI=1S/C23H26N2O5/c1-4-5-6-13-25-20(15-9-11-24-12-10-15)19(22(27)23(25)28)21(26)17-8-7-16(29-2)14-18(17)30-3/h7-12,14,20,26H,4-6,13H2,1-3H3/b21-19-. The van der Waals surface area contributed by atoms with Crippen LogP contribution in [0.2, 0.25) is 0 Å². The van der Waals surface area contributed by atoms with E-state index in [9.17, 15) is 14.7 Å². The summed E-state index contributed by atoms with van der Waals surface area (Å²) in [6.07, 6.45) is 5.92. The lowest BCUT2D eigenvalue weighted by Gasteiger charge is -2.25. The van der Waals surface area contributed by atoms with Crippen LogP contribution in [0.1, 0.15) is 43.4 Å². The number of Topliss-reactive ketones (excluding diaryl/α,β-unsaturated/α-hetero) is 1. The van der Waals surface area contributed by atoms with E-state index in [0.29, 0.717) is 23.6 Å². The van der Waals surface area contributed by atoms with Crippen molar-refractivity contribution in [3.8, 4) is 11.5 Å². The number of methoxy groups -OCH3 is 2. The molecule has 30 heavy (non-hydrogen) atoms. The van der Waals surface area contributed by atoms with Crippen LogP contribution in [0.5, 0.6) is 11.5 Å². The van der Waals surface area contributed by atoms with Crippen LogP contribution in [0, 0.1) is 0 Å². The van der Waals surface area contributed by atoms with Crippen molar-refractivity contribution in [3.05, 3.63) is 59.4 Å². The third kappa shape index (κ3) is 4.01. The van der Waals surface area contributed by atoms with E-state index in [1.807, 2.05) is 0 Å². The summed E-state index contributed by atoms with van der Waals surface area (Å²) < 4.78 is 10.6. The van der Waals surface area contributed by atoms with Crippen molar-refractivity contribution in [2.24, 2.45) is 0 Å². The van der Waals surface area contributed by atoms with Gasteiger partial charge in [-0.05, 0) is 36.2 Å². The van der Waals surface area contributed by atoms with Crippen LogP contribution in [0.4, 0.5) is 0 Å². The number of benzene rings is 1. The van der Waals surface area contributed by atoms with Crippen LogP contribution in [-0.4, -0.2) is 47.4 Å². The van der Waals surface area contributed by atoms with Crippen molar-refractivity contribution in [2.75, 3.05) is 20.8 Å². The van der Waals surface area contributed by atoms with E-state index < -0.39 is 17.7 Å². The second-order valence-corrected chi connectivity index (χ2v) is 7.05. The Labute approximate surface area is 175 Å². The lowest BCUT2D eigenvalue weighted by Crippen LogP contribution is -2.30. The lowest BCUT2D eigenvalue weighted by molar-refractivity contribution is -0.139. The van der Waals surface area contributed by atoms with Gasteiger partial charge in [-0.25, -0.2) is 0 Å². The van der Waals surface area contributed by atoms with Gasteiger partial charge < -0.3 is 19.5 Å². The minimum Gasteiger partial charge on any atom is -0.507 e. The van der Waals surface area contributed by atoms with Gasteiger partial charge in [-0.2, -0.15) is 0 Å². The first-order chi connectivity index (χ1) is 14.5. The van der Waals surface area contributed by atoms with Gasteiger partial charge >= 0.3 is 0 Å². The number of likely N-dealkylation sites (tertiary alicyclic amines) is 1. The quantitative estimate of drug-likeness (QED) is 0.309. The number of aromatic nitrogens is 1. The maximum atomic E-state index is 13.0. The highest BCUT2D eigenvalue weighted by Gasteiger charge is 2.46. The Morgan fingerprint density at radius 2 is 1.83 bits per heavy atom. The second-order valence-electron chi connectivity index (χ2n) is 7.05. The molecule has 1 unspecified atom stereocenters. The Morgan fingerprint density at radius 3 is 2.47 bits per heavy atom. The predicted molar refractivity (Wildman–Crippen MR) is 112 cm³/mol. The van der Waals surface area contributed by atoms with Gasteiger partial charge in [-0.15, -0.1) is 0 Å². The molecule has 2 aromatic rings. The average Bonchev–Trinajstić information content (AvgIpc) is 3.04. The average molecular weight is 410 g/mol. The zero-order valence-electron chi connectivity index (χ0n) is 17.4. The number of ether oxygens (including phenoxy) is 2. The largest absolute Gasteiger partial charge is 0.507 e. The molecule has 0 bridgehead atoms. The normalized spacial score (nSPS) is 18.0. The smallest absolute Gasteiger partial charge is 0.295 e. The minimum absolute atomic E-state index is 0.0474. The molecule has 1 aliphatic heterocycles. The van der Waals surface area contributed by atoms with Crippen LogP contribution in [0.15, 0.2) is 48.3 Å². The molecule has 0 saturated carbocycles. The first-order valence-electron chi connectivity index (χ1n) is 9.94. The SMILES string of the molecule is CCCCCN1C(=O)C(=O)/C(=C(\O)c2ccc(OC)cc2OC)C1c1ccncc1. The number of hydrogen-bond acceptors (Lipinski definition) is 6. The fourth-order valence-corrected chi connectivity index (χ4v) is 3.67. The molecule has 1 aromatic heterocycles. The lowest BCUT2D eigenvalue weighted by atomic mass is 9.95. The number of unbranched alkanes of at least 4 members (excludes halogenated alkanes) is 2. The zero-order chi connectivity index (χ0) is 21.7. The molecule has 1 aromatic carbocycles. The van der Waals surface area contributed by atoms with E-state index in [2.05, 4.69) is 11.9 Å². The number of carbonyl (C=O) groups excluding carboxylic acids is 2. The molecular formula is C23H26N2O5. The van der Waals surface area contributed by atoms with Gasteiger partial charge in [0.25, 0.3) is 11.7 Å². The summed E-state index contributed by atoms with van der Waals surface area (Å²) in [5.74, 6) is -0.690. The third-order valence-electron chi connectivity index (χ3n) is 5.23. The first-order valence-corrected chi connectivity index (χ1v) is 9.94. The van der Waals surface area contributed by atoms with Gasteiger partial charge in [0, 0.05) is 25.0 Å². The highest BCUT2D eigenvalue weighted by Crippen LogP contribution is 2.41. The summed E-state index contributed by atoms with van der Waals surface area (Å²) in [7, 11) is 2.99. The minimum atomic E-state index is -0.705. The van der Waals surface area contributed by atoms with Gasteiger partial charge in [0.2, 0.25) is 0 Å². The monoisotopic (exact) mass is 410 g/mol. The van der Waals surface area contributed by atoms with Gasteiger partial charge in [-0.1, -0.05) is 19.8 Å². The van der Waals surface area contributed by atoms with E-state index in [1.54, 1.807) is 42.7 Å². The van der Waals surface area contributed by atoms with Crippen molar-refractivity contribution in [1.82, 2.24) is 9.88 Å². The molecule has 0 radical (unpaired) electrons. The number of carbonyl (C=O) groups is 2. The molecule has 1 amide bonds. The van der Waals surface area contributed by atoms with E-state index in [4.69, 9.17) is 9.47 Å². The van der Waals surface area contributed by atoms with E-state index in [1.165, 1.54) is 19.1 Å². The van der Waals surface area contributed by atoms with Crippen molar-refractivity contribution in [3.63, 3.8) is 0 Å². The van der Waals surface area contributed by atoms with Crippen molar-refractivity contribution >= 4 is 17.4 Å². The maximum absolute atomic E-state index is 13.0. The van der Waals surface area contributed by atoms with Crippen LogP contribution in [0.3, 0.4) is 0 Å². The Bertz CT molecular complexity index is 955. The van der Waals surface area contributed by atoms with Crippen LogP contribution < -0.4 is 9.47 Å². The molecule has 1 aliphatic rings. The summed E-state index contributed by atoms with van der Waals surface area (Å²) in [5, 5.41) is 11.1.